The third-order valence-corrected chi connectivity index (χ3v) is 3.02. The first-order valence-electron chi connectivity index (χ1n) is 5.14. The second kappa shape index (κ2) is 6.62. The van der Waals surface area contributed by atoms with Gasteiger partial charge in [-0.05, 0) is 22.4 Å². The fraction of sp³-hybridized carbons (Fsp3) is 0.545. The third kappa shape index (κ3) is 3.92. The molecule has 1 rings (SSSR count). The highest BCUT2D eigenvalue weighted by atomic mass is 32.1. The number of methoxy groups -OCH3 is 1. The van der Waals surface area contributed by atoms with Crippen molar-refractivity contribution in [1.29, 1.82) is 0 Å². The molecule has 5 heteroatoms. The molecule has 16 heavy (non-hydrogen) atoms. The first kappa shape index (κ1) is 13.2. The van der Waals surface area contributed by atoms with E-state index >= 15 is 0 Å². The highest BCUT2D eigenvalue weighted by molar-refractivity contribution is 7.07. The van der Waals surface area contributed by atoms with Gasteiger partial charge >= 0.3 is 5.97 Å². The van der Waals surface area contributed by atoms with Crippen molar-refractivity contribution < 1.29 is 14.6 Å². The minimum absolute atomic E-state index is 0.195. The van der Waals surface area contributed by atoms with Crippen molar-refractivity contribution in [2.45, 2.75) is 13.0 Å². The fourth-order valence-corrected chi connectivity index (χ4v) is 2.01. The van der Waals surface area contributed by atoms with Crippen LogP contribution in [0.25, 0.3) is 0 Å². The van der Waals surface area contributed by atoms with E-state index in [9.17, 15) is 9.90 Å². The lowest BCUT2D eigenvalue weighted by molar-refractivity contribution is -0.144. The van der Waals surface area contributed by atoms with Crippen molar-refractivity contribution in [2.75, 3.05) is 20.2 Å². The van der Waals surface area contributed by atoms with E-state index in [-0.39, 0.29) is 11.9 Å². The summed E-state index contributed by atoms with van der Waals surface area (Å²) >= 11 is 1.55. The summed E-state index contributed by atoms with van der Waals surface area (Å²) in [5, 5.41) is 16.6. The van der Waals surface area contributed by atoms with Gasteiger partial charge in [0.25, 0.3) is 0 Å². The minimum atomic E-state index is -0.518. The Bertz CT molecular complexity index is 313. The SMILES string of the molecule is COC(=O)C(C)CNCC(O)c1ccsc1. The second-order valence-corrected chi connectivity index (χ2v) is 4.43. The van der Waals surface area contributed by atoms with Crippen LogP contribution < -0.4 is 5.32 Å². The summed E-state index contributed by atoms with van der Waals surface area (Å²) in [7, 11) is 1.37. The molecule has 0 radical (unpaired) electrons. The number of nitrogens with one attached hydrogen (secondary N) is 1. The van der Waals surface area contributed by atoms with Gasteiger partial charge in [0.2, 0.25) is 0 Å². The topological polar surface area (TPSA) is 58.6 Å². The van der Waals surface area contributed by atoms with Crippen LogP contribution in [-0.4, -0.2) is 31.3 Å². The molecular formula is C11H17NO3S. The zero-order valence-corrected chi connectivity index (χ0v) is 10.3. The Hall–Kier alpha value is -0.910. The van der Waals surface area contributed by atoms with E-state index in [1.54, 1.807) is 18.3 Å². The van der Waals surface area contributed by atoms with Crippen molar-refractivity contribution in [3.8, 4) is 0 Å². The number of aliphatic hydroxyl groups is 1. The summed E-state index contributed by atoms with van der Waals surface area (Å²) in [6.45, 7) is 2.74. The van der Waals surface area contributed by atoms with Crippen LogP contribution in [0.2, 0.25) is 0 Å². The fourth-order valence-electron chi connectivity index (χ4n) is 1.30. The number of carbonyl (C=O) groups is 1. The van der Waals surface area contributed by atoms with Gasteiger partial charge in [-0.3, -0.25) is 4.79 Å². The van der Waals surface area contributed by atoms with Crippen molar-refractivity contribution in [3.63, 3.8) is 0 Å². The number of rotatable bonds is 6. The number of ether oxygens (including phenoxy) is 1. The zero-order valence-electron chi connectivity index (χ0n) is 9.47. The average molecular weight is 243 g/mol. The van der Waals surface area contributed by atoms with E-state index < -0.39 is 6.10 Å². The molecule has 4 nitrogen and oxygen atoms in total. The standard InChI is InChI=1S/C11H17NO3S/c1-8(11(14)15-2)5-12-6-10(13)9-3-4-16-7-9/h3-4,7-8,10,12-13H,5-6H2,1-2H3. The monoisotopic (exact) mass is 243 g/mol. The Kier molecular flexibility index (Phi) is 5.45. The summed E-state index contributed by atoms with van der Waals surface area (Å²) < 4.78 is 4.60. The Morgan fingerprint density at radius 3 is 2.94 bits per heavy atom. The van der Waals surface area contributed by atoms with Gasteiger partial charge in [0.05, 0.1) is 19.1 Å². The molecule has 0 saturated heterocycles. The van der Waals surface area contributed by atoms with Crippen LogP contribution in [0.4, 0.5) is 0 Å². The van der Waals surface area contributed by atoms with Gasteiger partial charge in [-0.1, -0.05) is 6.92 Å². The predicted molar refractivity (Wildman–Crippen MR) is 63.3 cm³/mol. The molecule has 1 aromatic heterocycles. The minimum Gasteiger partial charge on any atom is -0.469 e. The molecule has 1 heterocycles. The third-order valence-electron chi connectivity index (χ3n) is 2.32. The molecule has 0 aliphatic carbocycles. The molecule has 0 amide bonds. The smallest absolute Gasteiger partial charge is 0.309 e. The van der Waals surface area contributed by atoms with E-state index in [1.807, 2.05) is 16.8 Å². The largest absolute Gasteiger partial charge is 0.469 e. The predicted octanol–water partition coefficient (Wildman–Crippen LogP) is 1.18. The molecule has 0 spiro atoms. The number of esters is 1. The van der Waals surface area contributed by atoms with Crippen molar-refractivity contribution >= 4 is 17.3 Å². The Morgan fingerprint density at radius 2 is 2.38 bits per heavy atom. The molecular weight excluding hydrogens is 226 g/mol. The van der Waals surface area contributed by atoms with Crippen LogP contribution in [-0.2, 0) is 9.53 Å². The summed E-state index contributed by atoms with van der Waals surface area (Å²) in [5.41, 5.74) is 0.906. The first-order valence-corrected chi connectivity index (χ1v) is 6.08. The highest BCUT2D eigenvalue weighted by Gasteiger charge is 2.13. The van der Waals surface area contributed by atoms with E-state index in [4.69, 9.17) is 0 Å². The number of carbonyl (C=O) groups excluding carboxylic acids is 1. The van der Waals surface area contributed by atoms with E-state index in [0.29, 0.717) is 13.1 Å². The van der Waals surface area contributed by atoms with Crippen LogP contribution in [0.3, 0.4) is 0 Å². The van der Waals surface area contributed by atoms with Gasteiger partial charge in [0.15, 0.2) is 0 Å². The van der Waals surface area contributed by atoms with Gasteiger partial charge < -0.3 is 15.2 Å². The molecule has 2 unspecified atom stereocenters. The maximum atomic E-state index is 11.1. The lowest BCUT2D eigenvalue weighted by Gasteiger charge is -2.13. The van der Waals surface area contributed by atoms with Crippen LogP contribution in [0.5, 0.6) is 0 Å². The molecule has 0 aliphatic rings. The van der Waals surface area contributed by atoms with Crippen molar-refractivity contribution in [2.24, 2.45) is 5.92 Å². The molecule has 0 aromatic carbocycles. The number of thiophene rings is 1. The molecule has 0 bridgehead atoms. The van der Waals surface area contributed by atoms with E-state index in [2.05, 4.69) is 10.1 Å². The summed E-state index contributed by atoms with van der Waals surface area (Å²) in [6, 6.07) is 1.89. The van der Waals surface area contributed by atoms with Crippen LogP contribution >= 0.6 is 11.3 Å². The molecule has 0 saturated carbocycles. The van der Waals surface area contributed by atoms with Crippen molar-refractivity contribution in [1.82, 2.24) is 5.32 Å². The molecule has 0 fully saturated rings. The second-order valence-electron chi connectivity index (χ2n) is 3.65. The summed E-state index contributed by atoms with van der Waals surface area (Å²) in [5.74, 6) is -0.433. The van der Waals surface area contributed by atoms with Gasteiger partial charge in [0.1, 0.15) is 0 Å². The van der Waals surface area contributed by atoms with Crippen LogP contribution in [0.15, 0.2) is 16.8 Å². The number of hydrogen-bond donors (Lipinski definition) is 2. The van der Waals surface area contributed by atoms with Crippen molar-refractivity contribution in [3.05, 3.63) is 22.4 Å². The Morgan fingerprint density at radius 1 is 1.62 bits per heavy atom. The van der Waals surface area contributed by atoms with E-state index in [0.717, 1.165) is 5.56 Å². The first-order chi connectivity index (χ1) is 7.65. The maximum Gasteiger partial charge on any atom is 0.309 e. The number of hydrogen-bond acceptors (Lipinski definition) is 5. The lowest BCUT2D eigenvalue weighted by Crippen LogP contribution is -2.30. The lowest BCUT2D eigenvalue weighted by atomic mass is 10.1. The van der Waals surface area contributed by atoms with E-state index in [1.165, 1.54) is 7.11 Å². The van der Waals surface area contributed by atoms with Gasteiger partial charge in [-0.25, -0.2) is 0 Å². The van der Waals surface area contributed by atoms with Gasteiger partial charge in [-0.2, -0.15) is 11.3 Å². The Balaban J connectivity index is 2.23. The van der Waals surface area contributed by atoms with Gasteiger partial charge in [-0.15, -0.1) is 0 Å². The normalized spacial score (nSPS) is 14.4. The molecule has 90 valence electrons. The average Bonchev–Trinajstić information content (AvgIpc) is 2.81. The molecule has 1 aromatic rings. The zero-order chi connectivity index (χ0) is 12.0. The summed E-state index contributed by atoms with van der Waals surface area (Å²) in [4.78, 5) is 11.1. The van der Waals surface area contributed by atoms with Crippen LogP contribution in [0.1, 0.15) is 18.6 Å². The Labute approximate surface area is 99.2 Å². The number of aliphatic hydroxyl groups excluding tert-OH is 1. The van der Waals surface area contributed by atoms with Crippen LogP contribution in [0, 0.1) is 5.92 Å². The maximum absolute atomic E-state index is 11.1. The summed E-state index contributed by atoms with van der Waals surface area (Å²) in [6.07, 6.45) is -0.518. The molecule has 2 N–H and O–H groups in total. The van der Waals surface area contributed by atoms with Gasteiger partial charge in [0, 0.05) is 13.1 Å². The molecule has 2 atom stereocenters. The highest BCUT2D eigenvalue weighted by Crippen LogP contribution is 2.15. The molecule has 0 aliphatic heterocycles. The quantitative estimate of drug-likeness (QED) is 0.737.